The molecule has 0 radical (unpaired) electrons. The van der Waals surface area contributed by atoms with Crippen LogP contribution in [0.1, 0.15) is 39.2 Å². The van der Waals surface area contributed by atoms with E-state index in [0.717, 1.165) is 5.56 Å². The Bertz CT molecular complexity index is 623. The first-order chi connectivity index (χ1) is 9.59. The third kappa shape index (κ3) is 3.03. The van der Waals surface area contributed by atoms with Crippen molar-refractivity contribution in [2.24, 2.45) is 5.73 Å². The Morgan fingerprint density at radius 1 is 0.950 bits per heavy atom. The summed E-state index contributed by atoms with van der Waals surface area (Å²) in [5.41, 5.74) is 6.79. The van der Waals surface area contributed by atoms with E-state index >= 15 is 0 Å². The van der Waals surface area contributed by atoms with Crippen LogP contribution in [0.2, 0.25) is 0 Å². The van der Waals surface area contributed by atoms with E-state index in [-0.39, 0.29) is 17.5 Å². The van der Waals surface area contributed by atoms with Crippen LogP contribution in [0.15, 0.2) is 54.6 Å². The standard InChI is InChI=1S/C16H16N2O2/c1-11(12-7-3-2-4-8-12)18-16(20)14-10-6-5-9-13(14)15(17)19/h2-11H,1H3,(H2,17,19)(H,18,20)/t11-/m1/s1. The maximum atomic E-state index is 12.2. The van der Waals surface area contributed by atoms with E-state index in [9.17, 15) is 9.59 Å². The highest BCUT2D eigenvalue weighted by molar-refractivity contribution is 6.06. The van der Waals surface area contributed by atoms with Gasteiger partial charge in [0.05, 0.1) is 17.2 Å². The molecule has 0 spiro atoms. The monoisotopic (exact) mass is 268 g/mol. The minimum atomic E-state index is -0.608. The summed E-state index contributed by atoms with van der Waals surface area (Å²) < 4.78 is 0. The average Bonchev–Trinajstić information content (AvgIpc) is 2.48. The average molecular weight is 268 g/mol. The van der Waals surface area contributed by atoms with Gasteiger partial charge >= 0.3 is 0 Å². The number of nitrogens with two attached hydrogens (primary N) is 1. The van der Waals surface area contributed by atoms with Gasteiger partial charge in [-0.05, 0) is 24.6 Å². The van der Waals surface area contributed by atoms with Gasteiger partial charge in [0.25, 0.3) is 5.91 Å². The molecule has 3 N–H and O–H groups in total. The van der Waals surface area contributed by atoms with Crippen LogP contribution in [-0.4, -0.2) is 11.8 Å². The van der Waals surface area contributed by atoms with Crippen molar-refractivity contribution in [2.45, 2.75) is 13.0 Å². The normalized spacial score (nSPS) is 11.7. The maximum absolute atomic E-state index is 12.2. The topological polar surface area (TPSA) is 72.2 Å². The summed E-state index contributed by atoms with van der Waals surface area (Å²) in [5.74, 6) is -0.918. The third-order valence-electron chi connectivity index (χ3n) is 3.08. The Hall–Kier alpha value is -2.62. The van der Waals surface area contributed by atoms with Gasteiger partial charge in [-0.25, -0.2) is 0 Å². The molecule has 0 aliphatic rings. The molecule has 4 heteroatoms. The van der Waals surface area contributed by atoms with Crippen LogP contribution in [0.25, 0.3) is 0 Å². The lowest BCUT2D eigenvalue weighted by Crippen LogP contribution is -2.29. The molecule has 102 valence electrons. The quantitative estimate of drug-likeness (QED) is 0.892. The van der Waals surface area contributed by atoms with Gasteiger partial charge in [0.1, 0.15) is 0 Å². The minimum absolute atomic E-state index is 0.148. The second kappa shape index (κ2) is 6.02. The van der Waals surface area contributed by atoms with Crippen molar-refractivity contribution in [3.05, 3.63) is 71.3 Å². The first kappa shape index (κ1) is 13.8. The zero-order valence-corrected chi connectivity index (χ0v) is 11.2. The van der Waals surface area contributed by atoms with E-state index < -0.39 is 5.91 Å². The molecule has 0 saturated carbocycles. The summed E-state index contributed by atoms with van der Waals surface area (Å²) in [5, 5.41) is 2.86. The van der Waals surface area contributed by atoms with Crippen molar-refractivity contribution in [3.8, 4) is 0 Å². The summed E-state index contributed by atoms with van der Waals surface area (Å²) in [6.07, 6.45) is 0. The number of rotatable bonds is 4. The predicted octanol–water partition coefficient (Wildman–Crippen LogP) is 2.28. The van der Waals surface area contributed by atoms with Crippen LogP contribution in [-0.2, 0) is 0 Å². The maximum Gasteiger partial charge on any atom is 0.252 e. The van der Waals surface area contributed by atoms with Crippen molar-refractivity contribution in [1.29, 1.82) is 0 Å². The number of nitrogens with one attached hydrogen (secondary N) is 1. The van der Waals surface area contributed by atoms with E-state index in [2.05, 4.69) is 5.32 Å². The summed E-state index contributed by atoms with van der Waals surface area (Å²) in [6, 6.07) is 16.0. The summed E-state index contributed by atoms with van der Waals surface area (Å²) in [7, 11) is 0. The molecule has 0 saturated heterocycles. The van der Waals surface area contributed by atoms with Gasteiger partial charge in [0, 0.05) is 0 Å². The van der Waals surface area contributed by atoms with Crippen molar-refractivity contribution >= 4 is 11.8 Å². The molecule has 2 aromatic carbocycles. The zero-order chi connectivity index (χ0) is 14.5. The molecule has 0 heterocycles. The first-order valence-electron chi connectivity index (χ1n) is 6.34. The molecule has 2 rings (SSSR count). The van der Waals surface area contributed by atoms with Gasteiger partial charge in [-0.3, -0.25) is 9.59 Å². The predicted molar refractivity (Wildman–Crippen MR) is 77.3 cm³/mol. The molecule has 4 nitrogen and oxygen atoms in total. The first-order valence-corrected chi connectivity index (χ1v) is 6.34. The van der Waals surface area contributed by atoms with Crippen molar-refractivity contribution in [3.63, 3.8) is 0 Å². The Labute approximate surface area is 117 Å². The SMILES string of the molecule is C[C@@H](NC(=O)c1ccccc1C(N)=O)c1ccccc1. The van der Waals surface area contributed by atoms with Crippen LogP contribution in [0.3, 0.4) is 0 Å². The molecule has 2 amide bonds. The van der Waals surface area contributed by atoms with Crippen molar-refractivity contribution in [2.75, 3.05) is 0 Å². The molecular weight excluding hydrogens is 252 g/mol. The fraction of sp³-hybridized carbons (Fsp3) is 0.125. The smallest absolute Gasteiger partial charge is 0.252 e. The lowest BCUT2D eigenvalue weighted by molar-refractivity contribution is 0.0924. The molecule has 20 heavy (non-hydrogen) atoms. The highest BCUT2D eigenvalue weighted by Gasteiger charge is 2.16. The van der Waals surface area contributed by atoms with Crippen LogP contribution in [0.5, 0.6) is 0 Å². The lowest BCUT2D eigenvalue weighted by atomic mass is 10.0. The van der Waals surface area contributed by atoms with E-state index in [4.69, 9.17) is 5.73 Å². The van der Waals surface area contributed by atoms with Gasteiger partial charge in [0.15, 0.2) is 0 Å². The Kier molecular flexibility index (Phi) is 4.15. The molecule has 0 aliphatic heterocycles. The van der Waals surface area contributed by atoms with Crippen LogP contribution in [0, 0.1) is 0 Å². The van der Waals surface area contributed by atoms with Crippen LogP contribution < -0.4 is 11.1 Å². The van der Waals surface area contributed by atoms with Crippen molar-refractivity contribution in [1.82, 2.24) is 5.32 Å². The number of benzene rings is 2. The zero-order valence-electron chi connectivity index (χ0n) is 11.2. The van der Waals surface area contributed by atoms with Gasteiger partial charge < -0.3 is 11.1 Å². The second-order valence-electron chi connectivity index (χ2n) is 4.52. The second-order valence-corrected chi connectivity index (χ2v) is 4.52. The fourth-order valence-corrected chi connectivity index (χ4v) is 2.00. The highest BCUT2D eigenvalue weighted by Crippen LogP contribution is 2.14. The van der Waals surface area contributed by atoms with E-state index in [1.807, 2.05) is 37.3 Å². The minimum Gasteiger partial charge on any atom is -0.366 e. The molecule has 2 aromatic rings. The Balaban J connectivity index is 2.19. The number of carbonyl (C=O) groups excluding carboxylic acids is 2. The van der Waals surface area contributed by atoms with Gasteiger partial charge in [0.2, 0.25) is 5.91 Å². The largest absolute Gasteiger partial charge is 0.366 e. The third-order valence-corrected chi connectivity index (χ3v) is 3.08. The number of amides is 2. The van der Waals surface area contributed by atoms with Gasteiger partial charge in [-0.1, -0.05) is 42.5 Å². The molecule has 0 aromatic heterocycles. The molecule has 0 unspecified atom stereocenters. The fourth-order valence-electron chi connectivity index (χ4n) is 2.00. The van der Waals surface area contributed by atoms with Crippen molar-refractivity contribution < 1.29 is 9.59 Å². The number of hydrogen-bond acceptors (Lipinski definition) is 2. The number of hydrogen-bond donors (Lipinski definition) is 2. The Morgan fingerprint density at radius 3 is 2.10 bits per heavy atom. The summed E-state index contributed by atoms with van der Waals surface area (Å²) in [6.45, 7) is 1.89. The van der Waals surface area contributed by atoms with E-state index in [1.54, 1.807) is 24.3 Å². The molecular formula is C16H16N2O2. The number of primary amides is 1. The van der Waals surface area contributed by atoms with Gasteiger partial charge in [-0.15, -0.1) is 0 Å². The molecule has 1 atom stereocenters. The van der Waals surface area contributed by atoms with Gasteiger partial charge in [-0.2, -0.15) is 0 Å². The molecule has 0 bridgehead atoms. The van der Waals surface area contributed by atoms with Crippen LogP contribution in [0.4, 0.5) is 0 Å². The van der Waals surface area contributed by atoms with E-state index in [0.29, 0.717) is 5.56 Å². The highest BCUT2D eigenvalue weighted by atomic mass is 16.2. The summed E-state index contributed by atoms with van der Waals surface area (Å²) >= 11 is 0. The Morgan fingerprint density at radius 2 is 1.50 bits per heavy atom. The lowest BCUT2D eigenvalue weighted by Gasteiger charge is -2.15. The molecule has 0 aliphatic carbocycles. The van der Waals surface area contributed by atoms with Crippen LogP contribution >= 0.6 is 0 Å². The summed E-state index contributed by atoms with van der Waals surface area (Å²) in [4.78, 5) is 23.6. The molecule has 0 fully saturated rings. The number of carbonyl (C=O) groups is 2. The van der Waals surface area contributed by atoms with E-state index in [1.165, 1.54) is 0 Å².